The summed E-state index contributed by atoms with van der Waals surface area (Å²) in [5.74, 6) is -0.645. The summed E-state index contributed by atoms with van der Waals surface area (Å²) in [7, 11) is 0. The Bertz CT molecular complexity index is 625. The summed E-state index contributed by atoms with van der Waals surface area (Å²) in [6.45, 7) is 3.56. The number of benzene rings is 2. The van der Waals surface area contributed by atoms with Crippen LogP contribution in [0.4, 0.5) is 4.39 Å². The molecule has 2 aromatic carbocycles. The second kappa shape index (κ2) is 6.18. The second-order valence-corrected chi connectivity index (χ2v) is 5.63. The molecule has 104 valence electrons. The Balaban J connectivity index is 2.10. The molecule has 4 heteroatoms. The molecule has 0 saturated carbocycles. The van der Waals surface area contributed by atoms with Crippen LogP contribution in [0.5, 0.6) is 0 Å². The van der Waals surface area contributed by atoms with Crippen molar-refractivity contribution in [3.63, 3.8) is 0 Å². The zero-order valence-corrected chi connectivity index (χ0v) is 12.9. The number of carbonyl (C=O) groups is 1. The Hall–Kier alpha value is -1.68. The summed E-state index contributed by atoms with van der Waals surface area (Å²) in [6.07, 6.45) is 0. The second-order valence-electron chi connectivity index (χ2n) is 4.71. The van der Waals surface area contributed by atoms with Crippen molar-refractivity contribution < 1.29 is 9.18 Å². The summed E-state index contributed by atoms with van der Waals surface area (Å²) in [5, 5.41) is 2.86. The van der Waals surface area contributed by atoms with Gasteiger partial charge >= 0.3 is 0 Å². The van der Waals surface area contributed by atoms with Crippen molar-refractivity contribution in [1.29, 1.82) is 0 Å². The Morgan fingerprint density at radius 3 is 2.45 bits per heavy atom. The van der Waals surface area contributed by atoms with E-state index >= 15 is 0 Å². The van der Waals surface area contributed by atoms with E-state index in [-0.39, 0.29) is 17.8 Å². The standard InChI is InChI=1S/C16H15BrFNO/c1-10-3-4-13(9-15(10)18)16(20)19-11(2)12-5-7-14(17)8-6-12/h3-9,11H,1-2H3,(H,19,20). The topological polar surface area (TPSA) is 29.1 Å². The third-order valence-corrected chi connectivity index (χ3v) is 3.68. The van der Waals surface area contributed by atoms with Crippen LogP contribution in [0.1, 0.15) is 34.5 Å². The van der Waals surface area contributed by atoms with E-state index in [4.69, 9.17) is 0 Å². The molecule has 0 aliphatic carbocycles. The van der Waals surface area contributed by atoms with E-state index in [1.165, 1.54) is 6.07 Å². The van der Waals surface area contributed by atoms with Crippen molar-refractivity contribution in [2.45, 2.75) is 19.9 Å². The average molecular weight is 336 g/mol. The zero-order chi connectivity index (χ0) is 14.7. The van der Waals surface area contributed by atoms with E-state index in [1.807, 2.05) is 31.2 Å². The summed E-state index contributed by atoms with van der Waals surface area (Å²) < 4.78 is 14.4. The van der Waals surface area contributed by atoms with Gasteiger partial charge in [0.15, 0.2) is 0 Å². The fourth-order valence-corrected chi connectivity index (χ4v) is 2.11. The molecule has 0 aliphatic rings. The van der Waals surface area contributed by atoms with Gasteiger partial charge in [0.05, 0.1) is 6.04 Å². The van der Waals surface area contributed by atoms with Crippen LogP contribution in [0.15, 0.2) is 46.9 Å². The largest absolute Gasteiger partial charge is 0.346 e. The first-order valence-electron chi connectivity index (χ1n) is 6.30. The number of nitrogens with one attached hydrogen (secondary N) is 1. The predicted molar refractivity (Wildman–Crippen MR) is 81.2 cm³/mol. The number of carbonyl (C=O) groups excluding carboxylic acids is 1. The normalized spacial score (nSPS) is 12.0. The number of aryl methyl sites for hydroxylation is 1. The van der Waals surface area contributed by atoms with Gasteiger partial charge in [-0.15, -0.1) is 0 Å². The van der Waals surface area contributed by atoms with Crippen molar-refractivity contribution in [3.8, 4) is 0 Å². The van der Waals surface area contributed by atoms with Crippen molar-refractivity contribution in [3.05, 3.63) is 69.4 Å². The summed E-state index contributed by atoms with van der Waals surface area (Å²) in [4.78, 5) is 12.1. The first-order valence-corrected chi connectivity index (χ1v) is 7.09. The maximum Gasteiger partial charge on any atom is 0.251 e. The fraction of sp³-hybridized carbons (Fsp3) is 0.188. The highest BCUT2D eigenvalue weighted by Gasteiger charge is 2.12. The van der Waals surface area contributed by atoms with Gasteiger partial charge < -0.3 is 5.32 Å². The van der Waals surface area contributed by atoms with Crippen LogP contribution in [0.25, 0.3) is 0 Å². The average Bonchev–Trinajstić information content (AvgIpc) is 2.42. The monoisotopic (exact) mass is 335 g/mol. The molecule has 0 heterocycles. The van der Waals surface area contributed by atoms with E-state index in [9.17, 15) is 9.18 Å². The summed E-state index contributed by atoms with van der Waals surface area (Å²) in [6, 6.07) is 12.1. The van der Waals surface area contributed by atoms with Gasteiger partial charge in [0.25, 0.3) is 5.91 Å². The zero-order valence-electron chi connectivity index (χ0n) is 11.3. The van der Waals surface area contributed by atoms with Crippen LogP contribution in [-0.2, 0) is 0 Å². The van der Waals surface area contributed by atoms with Crippen molar-refractivity contribution in [2.24, 2.45) is 0 Å². The third-order valence-electron chi connectivity index (χ3n) is 3.15. The quantitative estimate of drug-likeness (QED) is 0.885. The van der Waals surface area contributed by atoms with Crippen molar-refractivity contribution in [2.75, 3.05) is 0 Å². The first kappa shape index (κ1) is 14.7. The van der Waals surface area contributed by atoms with Crippen LogP contribution < -0.4 is 5.32 Å². The fourth-order valence-electron chi connectivity index (χ4n) is 1.85. The number of hydrogen-bond donors (Lipinski definition) is 1. The molecule has 1 atom stereocenters. The van der Waals surface area contributed by atoms with E-state index < -0.39 is 0 Å². The van der Waals surface area contributed by atoms with E-state index in [2.05, 4.69) is 21.2 Å². The number of amides is 1. The molecule has 0 saturated heterocycles. The maximum atomic E-state index is 13.5. The molecular weight excluding hydrogens is 321 g/mol. The highest BCUT2D eigenvalue weighted by Crippen LogP contribution is 2.17. The SMILES string of the molecule is Cc1ccc(C(=O)NC(C)c2ccc(Br)cc2)cc1F. The first-order chi connectivity index (χ1) is 9.47. The molecule has 20 heavy (non-hydrogen) atoms. The molecule has 2 rings (SSSR count). The lowest BCUT2D eigenvalue weighted by Gasteiger charge is -2.14. The molecule has 0 radical (unpaired) electrons. The van der Waals surface area contributed by atoms with Crippen molar-refractivity contribution >= 4 is 21.8 Å². The highest BCUT2D eigenvalue weighted by molar-refractivity contribution is 9.10. The van der Waals surface area contributed by atoms with Gasteiger partial charge in [-0.25, -0.2) is 4.39 Å². The third kappa shape index (κ3) is 3.45. The maximum absolute atomic E-state index is 13.5. The van der Waals surface area contributed by atoms with Gasteiger partial charge in [0.2, 0.25) is 0 Å². The number of hydrogen-bond acceptors (Lipinski definition) is 1. The molecule has 2 aromatic rings. The van der Waals surface area contributed by atoms with Gasteiger partial charge in [-0.1, -0.05) is 34.1 Å². The van der Waals surface area contributed by atoms with Crippen molar-refractivity contribution in [1.82, 2.24) is 5.32 Å². The molecule has 0 fully saturated rings. The Kier molecular flexibility index (Phi) is 4.55. The lowest BCUT2D eigenvalue weighted by atomic mass is 10.1. The Labute approximate surface area is 126 Å². The molecule has 1 unspecified atom stereocenters. The van der Waals surface area contributed by atoms with Gasteiger partial charge in [0, 0.05) is 10.0 Å². The van der Waals surface area contributed by atoms with Crippen LogP contribution in [-0.4, -0.2) is 5.91 Å². The van der Waals surface area contributed by atoms with Gasteiger partial charge in [-0.2, -0.15) is 0 Å². The smallest absolute Gasteiger partial charge is 0.251 e. The van der Waals surface area contributed by atoms with E-state index in [0.717, 1.165) is 10.0 Å². The Morgan fingerprint density at radius 1 is 1.20 bits per heavy atom. The van der Waals surface area contributed by atoms with Gasteiger partial charge in [-0.05, 0) is 49.2 Å². The lowest BCUT2D eigenvalue weighted by molar-refractivity contribution is 0.0939. The number of halogens is 2. The summed E-state index contributed by atoms with van der Waals surface area (Å²) >= 11 is 3.37. The molecule has 1 N–H and O–H groups in total. The van der Waals surface area contributed by atoms with E-state index in [1.54, 1.807) is 19.1 Å². The van der Waals surface area contributed by atoms with Crippen LogP contribution >= 0.6 is 15.9 Å². The van der Waals surface area contributed by atoms with E-state index in [0.29, 0.717) is 11.1 Å². The molecule has 0 aromatic heterocycles. The summed E-state index contributed by atoms with van der Waals surface area (Å²) in [5.41, 5.74) is 1.86. The minimum Gasteiger partial charge on any atom is -0.346 e. The molecule has 2 nitrogen and oxygen atoms in total. The minimum atomic E-state index is -0.367. The highest BCUT2D eigenvalue weighted by atomic mass is 79.9. The van der Waals surface area contributed by atoms with Gasteiger partial charge in [0.1, 0.15) is 5.82 Å². The molecule has 0 bridgehead atoms. The molecular formula is C16H15BrFNO. The number of rotatable bonds is 3. The molecule has 0 aliphatic heterocycles. The minimum absolute atomic E-state index is 0.139. The van der Waals surface area contributed by atoms with Crippen LogP contribution in [0.3, 0.4) is 0 Å². The van der Waals surface area contributed by atoms with Crippen LogP contribution in [0, 0.1) is 12.7 Å². The van der Waals surface area contributed by atoms with Crippen LogP contribution in [0.2, 0.25) is 0 Å². The Morgan fingerprint density at radius 2 is 1.85 bits per heavy atom. The predicted octanol–water partition coefficient (Wildman–Crippen LogP) is 4.39. The molecule has 1 amide bonds. The van der Waals surface area contributed by atoms with Gasteiger partial charge in [-0.3, -0.25) is 4.79 Å². The molecule has 0 spiro atoms. The lowest BCUT2D eigenvalue weighted by Crippen LogP contribution is -2.26.